The lowest BCUT2D eigenvalue weighted by Crippen LogP contribution is -2.41. The number of hydrogen-bond acceptors (Lipinski definition) is 3. The van der Waals surface area contributed by atoms with Crippen LogP contribution in [0.2, 0.25) is 0 Å². The molecule has 1 saturated heterocycles. The first-order valence-electron chi connectivity index (χ1n) is 5.80. The molecule has 0 aliphatic carbocycles. The minimum atomic E-state index is -0.885. The topological polar surface area (TPSA) is 67.2 Å². The van der Waals surface area contributed by atoms with Gasteiger partial charge in [-0.2, -0.15) is 0 Å². The van der Waals surface area contributed by atoms with E-state index in [1.54, 1.807) is 0 Å². The monoisotopic (exact) mass is 221 g/mol. The summed E-state index contributed by atoms with van der Waals surface area (Å²) in [5.41, 5.74) is 1.21. The molecule has 0 unspecified atom stereocenters. The van der Waals surface area contributed by atoms with Crippen LogP contribution in [0.5, 0.6) is 0 Å². The molecule has 0 spiro atoms. The molecule has 1 aromatic rings. The third kappa shape index (κ3) is 1.35. The molecular weight excluding hydrogens is 206 g/mol. The number of aromatic carboxylic acids is 1. The molecule has 0 aromatic carbocycles. The summed E-state index contributed by atoms with van der Waals surface area (Å²) in [6.07, 6.45) is 3.07. The minimum Gasteiger partial charge on any atom is -0.476 e. The van der Waals surface area contributed by atoms with E-state index in [1.165, 1.54) is 0 Å². The molecule has 0 atom stereocenters. The molecule has 0 saturated carbocycles. The number of carboxylic acids is 1. The maximum atomic E-state index is 11.1. The zero-order chi connectivity index (χ0) is 11.1. The average molecular weight is 221 g/mol. The second-order valence-electron chi connectivity index (χ2n) is 4.53. The third-order valence-corrected chi connectivity index (χ3v) is 3.50. The number of rotatable bonds is 2. The van der Waals surface area contributed by atoms with Crippen molar-refractivity contribution in [2.75, 3.05) is 13.1 Å². The molecule has 0 amide bonds. The van der Waals surface area contributed by atoms with Gasteiger partial charge in [0.1, 0.15) is 5.82 Å². The fourth-order valence-electron chi connectivity index (χ4n) is 2.52. The van der Waals surface area contributed by atoms with Gasteiger partial charge in [-0.05, 0) is 19.3 Å². The van der Waals surface area contributed by atoms with Gasteiger partial charge in [0.2, 0.25) is 0 Å². The van der Waals surface area contributed by atoms with Crippen molar-refractivity contribution in [2.45, 2.75) is 31.7 Å². The Bertz CT molecular complexity index is 435. The van der Waals surface area contributed by atoms with Crippen LogP contribution < -0.4 is 5.32 Å². The lowest BCUT2D eigenvalue weighted by Gasteiger charge is -2.28. The number of fused-ring (bicyclic) bond motifs is 1. The molecule has 1 fully saturated rings. The highest BCUT2D eigenvalue weighted by molar-refractivity contribution is 5.87. The van der Waals surface area contributed by atoms with Gasteiger partial charge in [0, 0.05) is 25.6 Å². The molecule has 0 radical (unpaired) electrons. The van der Waals surface area contributed by atoms with Crippen LogP contribution >= 0.6 is 0 Å². The molecule has 16 heavy (non-hydrogen) atoms. The number of carbonyl (C=O) groups is 1. The second kappa shape index (κ2) is 3.59. The van der Waals surface area contributed by atoms with Crippen molar-refractivity contribution in [3.05, 3.63) is 17.2 Å². The van der Waals surface area contributed by atoms with Crippen LogP contribution in [0.1, 0.15) is 40.8 Å². The summed E-state index contributed by atoms with van der Waals surface area (Å²) in [6, 6.07) is 0. The molecule has 2 aliphatic heterocycles. The Morgan fingerprint density at radius 1 is 1.44 bits per heavy atom. The van der Waals surface area contributed by atoms with Crippen LogP contribution in [0.25, 0.3) is 0 Å². The van der Waals surface area contributed by atoms with Gasteiger partial charge in [-0.3, -0.25) is 0 Å². The largest absolute Gasteiger partial charge is 0.476 e. The average Bonchev–Trinajstić information content (AvgIpc) is 2.56. The Morgan fingerprint density at radius 2 is 2.25 bits per heavy atom. The van der Waals surface area contributed by atoms with E-state index < -0.39 is 5.97 Å². The van der Waals surface area contributed by atoms with Gasteiger partial charge in [-0.1, -0.05) is 0 Å². The van der Waals surface area contributed by atoms with E-state index in [2.05, 4.69) is 14.9 Å². The summed E-state index contributed by atoms with van der Waals surface area (Å²) in [7, 11) is 0. The number of imidazole rings is 1. The molecule has 5 nitrogen and oxygen atoms in total. The first-order valence-corrected chi connectivity index (χ1v) is 5.80. The molecule has 1 aromatic heterocycles. The van der Waals surface area contributed by atoms with Crippen LogP contribution in [0.15, 0.2) is 0 Å². The third-order valence-electron chi connectivity index (χ3n) is 3.50. The van der Waals surface area contributed by atoms with Crippen molar-refractivity contribution in [3.63, 3.8) is 0 Å². The van der Waals surface area contributed by atoms with Gasteiger partial charge in [0.15, 0.2) is 5.69 Å². The quantitative estimate of drug-likeness (QED) is 0.767. The van der Waals surface area contributed by atoms with Crippen LogP contribution in [0, 0.1) is 0 Å². The number of aromatic nitrogens is 2. The van der Waals surface area contributed by atoms with Gasteiger partial charge in [-0.25, -0.2) is 9.78 Å². The number of nitrogens with zero attached hydrogens (tertiary/aromatic N) is 2. The smallest absolute Gasteiger partial charge is 0.356 e. The SMILES string of the molecule is O=C(O)c1nc(C2CNC2)n2c1CCCC2. The van der Waals surface area contributed by atoms with Gasteiger partial charge in [0.05, 0.1) is 5.69 Å². The molecule has 5 heteroatoms. The normalized spacial score (nSPS) is 20.2. The zero-order valence-corrected chi connectivity index (χ0v) is 9.07. The molecule has 3 rings (SSSR count). The van der Waals surface area contributed by atoms with Gasteiger partial charge in [0.25, 0.3) is 0 Å². The van der Waals surface area contributed by atoms with Crippen molar-refractivity contribution < 1.29 is 9.90 Å². The van der Waals surface area contributed by atoms with Crippen molar-refractivity contribution in [2.24, 2.45) is 0 Å². The van der Waals surface area contributed by atoms with E-state index in [1.807, 2.05) is 0 Å². The Morgan fingerprint density at radius 3 is 2.88 bits per heavy atom. The fraction of sp³-hybridized carbons (Fsp3) is 0.636. The summed E-state index contributed by atoms with van der Waals surface area (Å²) >= 11 is 0. The molecule has 3 heterocycles. The summed E-state index contributed by atoms with van der Waals surface area (Å²) in [5, 5.41) is 12.3. The van der Waals surface area contributed by atoms with E-state index in [-0.39, 0.29) is 5.69 Å². The zero-order valence-electron chi connectivity index (χ0n) is 9.07. The van der Waals surface area contributed by atoms with Gasteiger partial charge >= 0.3 is 5.97 Å². The second-order valence-corrected chi connectivity index (χ2v) is 4.53. The van der Waals surface area contributed by atoms with Crippen molar-refractivity contribution in [3.8, 4) is 0 Å². The molecular formula is C11H15N3O2. The Hall–Kier alpha value is -1.36. The van der Waals surface area contributed by atoms with E-state index in [0.29, 0.717) is 5.92 Å². The maximum absolute atomic E-state index is 11.1. The highest BCUT2D eigenvalue weighted by Crippen LogP contribution is 2.27. The fourth-order valence-corrected chi connectivity index (χ4v) is 2.52. The molecule has 86 valence electrons. The standard InChI is InChI=1S/C11H15N3O2/c15-11(16)9-8-3-1-2-4-14(8)10(13-9)7-5-12-6-7/h7,12H,1-6H2,(H,15,16). The molecule has 2 aliphatic rings. The molecule has 0 bridgehead atoms. The Balaban J connectivity index is 2.07. The van der Waals surface area contributed by atoms with Gasteiger partial charge < -0.3 is 15.0 Å². The minimum absolute atomic E-state index is 0.279. The van der Waals surface area contributed by atoms with Crippen molar-refractivity contribution >= 4 is 5.97 Å². The first kappa shape index (κ1) is 9.84. The van der Waals surface area contributed by atoms with Crippen LogP contribution in [-0.4, -0.2) is 33.7 Å². The summed E-state index contributed by atoms with van der Waals surface area (Å²) in [4.78, 5) is 15.5. The first-order chi connectivity index (χ1) is 7.77. The lowest BCUT2D eigenvalue weighted by atomic mass is 10.0. The van der Waals surface area contributed by atoms with E-state index in [0.717, 1.165) is 50.4 Å². The predicted octanol–water partition coefficient (Wildman–Crippen LogP) is 0.604. The van der Waals surface area contributed by atoms with Crippen molar-refractivity contribution in [1.82, 2.24) is 14.9 Å². The van der Waals surface area contributed by atoms with Crippen molar-refractivity contribution in [1.29, 1.82) is 0 Å². The predicted molar refractivity (Wildman–Crippen MR) is 57.7 cm³/mol. The summed E-state index contributed by atoms with van der Waals surface area (Å²) in [6.45, 7) is 2.78. The van der Waals surface area contributed by atoms with E-state index in [4.69, 9.17) is 5.11 Å². The number of hydrogen-bond donors (Lipinski definition) is 2. The lowest BCUT2D eigenvalue weighted by molar-refractivity contribution is 0.0689. The Kier molecular flexibility index (Phi) is 2.21. The number of carboxylic acid groups (broad SMARTS) is 1. The van der Waals surface area contributed by atoms with Gasteiger partial charge in [-0.15, -0.1) is 0 Å². The van der Waals surface area contributed by atoms with Crippen LogP contribution in [0.3, 0.4) is 0 Å². The van der Waals surface area contributed by atoms with E-state index in [9.17, 15) is 4.79 Å². The summed E-state index contributed by atoms with van der Waals surface area (Å²) < 4.78 is 2.14. The number of nitrogens with one attached hydrogen (secondary N) is 1. The highest BCUT2D eigenvalue weighted by Gasteiger charge is 2.30. The highest BCUT2D eigenvalue weighted by atomic mass is 16.4. The van der Waals surface area contributed by atoms with E-state index >= 15 is 0 Å². The maximum Gasteiger partial charge on any atom is 0.356 e. The Labute approximate surface area is 93.5 Å². The summed E-state index contributed by atoms with van der Waals surface area (Å²) in [5.74, 6) is 0.500. The van der Waals surface area contributed by atoms with Crippen LogP contribution in [0.4, 0.5) is 0 Å². The van der Waals surface area contributed by atoms with Crippen LogP contribution in [-0.2, 0) is 13.0 Å². The molecule has 2 N–H and O–H groups in total.